The number of rotatable bonds is 5. The van der Waals surface area contributed by atoms with E-state index in [4.69, 9.17) is 4.74 Å². The molecule has 0 amide bonds. The van der Waals surface area contributed by atoms with Crippen LogP contribution >= 0.6 is 0 Å². The zero-order chi connectivity index (χ0) is 16.2. The minimum absolute atomic E-state index is 0.322. The first-order valence-corrected chi connectivity index (χ1v) is 7.35. The second kappa shape index (κ2) is 6.56. The quantitative estimate of drug-likeness (QED) is 0.726. The summed E-state index contributed by atoms with van der Waals surface area (Å²) in [4.78, 5) is 1.45. The lowest BCUT2D eigenvalue weighted by molar-refractivity contribution is 0.280. The van der Waals surface area contributed by atoms with Crippen molar-refractivity contribution in [2.75, 3.05) is 6.61 Å². The van der Waals surface area contributed by atoms with E-state index < -0.39 is 0 Å². The van der Waals surface area contributed by atoms with Crippen molar-refractivity contribution in [1.82, 2.24) is 20.2 Å². The Morgan fingerprint density at radius 1 is 1.09 bits per heavy atom. The maximum absolute atomic E-state index is 13.2. The number of ether oxygens (including phenoxy) is 1. The number of hydrogen-bond acceptors (Lipinski definition) is 4. The lowest BCUT2D eigenvalue weighted by atomic mass is 10.1. The molecule has 3 aromatic rings. The number of aromatic nitrogens is 4. The molecule has 1 aromatic heterocycles. The second-order valence-electron chi connectivity index (χ2n) is 5.39. The highest BCUT2D eigenvalue weighted by atomic mass is 19.1. The fourth-order valence-corrected chi connectivity index (χ4v) is 2.34. The molecule has 118 valence electrons. The predicted molar refractivity (Wildman–Crippen MR) is 84.6 cm³/mol. The van der Waals surface area contributed by atoms with Crippen molar-refractivity contribution < 1.29 is 9.13 Å². The summed E-state index contributed by atoms with van der Waals surface area (Å²) < 4.78 is 18.9. The van der Waals surface area contributed by atoms with Crippen molar-refractivity contribution in [1.29, 1.82) is 0 Å². The molecule has 2 aromatic carbocycles. The number of tetrazole rings is 1. The summed E-state index contributed by atoms with van der Waals surface area (Å²) in [6.45, 7) is 4.96. The largest absolute Gasteiger partial charge is 0.492 e. The average molecular weight is 312 g/mol. The highest BCUT2D eigenvalue weighted by Gasteiger charge is 2.07. The molecule has 0 unspecified atom stereocenters. The van der Waals surface area contributed by atoms with Crippen LogP contribution in [-0.2, 0) is 6.54 Å². The molecule has 0 saturated heterocycles. The first-order chi connectivity index (χ1) is 11.1. The fourth-order valence-electron chi connectivity index (χ4n) is 2.34. The Balaban J connectivity index is 1.61. The van der Waals surface area contributed by atoms with Gasteiger partial charge in [0.1, 0.15) is 18.2 Å². The molecular weight excluding hydrogens is 295 g/mol. The Labute approximate surface area is 133 Å². The van der Waals surface area contributed by atoms with Crippen molar-refractivity contribution >= 4 is 0 Å². The van der Waals surface area contributed by atoms with Crippen LogP contribution in [-0.4, -0.2) is 26.8 Å². The molecule has 0 spiro atoms. The Morgan fingerprint density at radius 2 is 1.87 bits per heavy atom. The van der Waals surface area contributed by atoms with E-state index in [1.165, 1.54) is 16.9 Å². The lowest BCUT2D eigenvalue weighted by Crippen LogP contribution is -2.11. The molecule has 0 radical (unpaired) electrons. The van der Waals surface area contributed by atoms with E-state index in [-0.39, 0.29) is 5.82 Å². The SMILES string of the molecule is Cc1cc(C)cc(OCCn2nnc(-c3cccc(F)c3)n2)c1. The lowest BCUT2D eigenvalue weighted by Gasteiger charge is -2.07. The van der Waals surface area contributed by atoms with Crippen LogP contribution in [0.1, 0.15) is 11.1 Å². The summed E-state index contributed by atoms with van der Waals surface area (Å²) in [6, 6.07) is 12.2. The first-order valence-electron chi connectivity index (χ1n) is 7.35. The van der Waals surface area contributed by atoms with E-state index in [0.29, 0.717) is 24.5 Å². The molecule has 0 fully saturated rings. The molecule has 0 N–H and O–H groups in total. The van der Waals surface area contributed by atoms with Crippen molar-refractivity contribution in [3.63, 3.8) is 0 Å². The van der Waals surface area contributed by atoms with Gasteiger partial charge in [0.05, 0.1) is 6.54 Å². The van der Waals surface area contributed by atoms with Gasteiger partial charge in [-0.2, -0.15) is 4.80 Å². The maximum atomic E-state index is 13.2. The van der Waals surface area contributed by atoms with Crippen molar-refractivity contribution in [3.05, 3.63) is 59.4 Å². The van der Waals surface area contributed by atoms with E-state index in [0.717, 1.165) is 16.9 Å². The molecule has 23 heavy (non-hydrogen) atoms. The molecule has 0 bridgehead atoms. The Hall–Kier alpha value is -2.76. The van der Waals surface area contributed by atoms with Crippen molar-refractivity contribution in [2.45, 2.75) is 20.4 Å². The predicted octanol–water partition coefficient (Wildman–Crippen LogP) is 3.18. The van der Waals surface area contributed by atoms with Crippen molar-refractivity contribution in [2.24, 2.45) is 0 Å². The van der Waals surface area contributed by atoms with Gasteiger partial charge in [0.2, 0.25) is 5.82 Å². The zero-order valence-corrected chi connectivity index (χ0v) is 13.0. The van der Waals surface area contributed by atoms with E-state index in [9.17, 15) is 4.39 Å². The van der Waals surface area contributed by atoms with Gasteiger partial charge in [-0.15, -0.1) is 10.2 Å². The van der Waals surface area contributed by atoms with Gasteiger partial charge in [-0.25, -0.2) is 4.39 Å². The normalized spacial score (nSPS) is 10.7. The third-order valence-corrected chi connectivity index (χ3v) is 3.29. The van der Waals surface area contributed by atoms with Gasteiger partial charge in [-0.05, 0) is 54.5 Å². The van der Waals surface area contributed by atoms with Crippen LogP contribution in [0.5, 0.6) is 5.75 Å². The van der Waals surface area contributed by atoms with E-state index in [1.807, 2.05) is 26.0 Å². The molecule has 0 aliphatic rings. The summed E-state index contributed by atoms with van der Waals surface area (Å²) in [5.41, 5.74) is 2.92. The minimum Gasteiger partial charge on any atom is -0.492 e. The molecule has 1 heterocycles. The summed E-state index contributed by atoms with van der Waals surface area (Å²) in [5, 5.41) is 12.1. The van der Waals surface area contributed by atoms with Crippen LogP contribution in [0.15, 0.2) is 42.5 Å². The molecule has 5 nitrogen and oxygen atoms in total. The third kappa shape index (κ3) is 3.91. The summed E-state index contributed by atoms with van der Waals surface area (Å²) >= 11 is 0. The topological polar surface area (TPSA) is 52.8 Å². The number of nitrogens with zero attached hydrogens (tertiary/aromatic N) is 4. The maximum Gasteiger partial charge on any atom is 0.205 e. The van der Waals surface area contributed by atoms with Gasteiger partial charge in [0.25, 0.3) is 0 Å². The van der Waals surface area contributed by atoms with Gasteiger partial charge >= 0.3 is 0 Å². The smallest absolute Gasteiger partial charge is 0.205 e. The average Bonchev–Trinajstić information content (AvgIpc) is 2.95. The van der Waals surface area contributed by atoms with Crippen molar-refractivity contribution in [3.8, 4) is 17.1 Å². The molecule has 3 rings (SSSR count). The summed E-state index contributed by atoms with van der Waals surface area (Å²) in [6.07, 6.45) is 0. The number of hydrogen-bond donors (Lipinski definition) is 0. The third-order valence-electron chi connectivity index (χ3n) is 3.29. The molecular formula is C17H17FN4O. The van der Waals surface area contributed by atoms with E-state index in [1.54, 1.807) is 12.1 Å². The second-order valence-corrected chi connectivity index (χ2v) is 5.39. The molecule has 0 aliphatic heterocycles. The summed E-state index contributed by atoms with van der Waals surface area (Å²) in [5.74, 6) is 0.904. The molecule has 6 heteroatoms. The highest BCUT2D eigenvalue weighted by molar-refractivity contribution is 5.53. The van der Waals surface area contributed by atoms with Gasteiger partial charge < -0.3 is 4.74 Å². The fraction of sp³-hybridized carbons (Fsp3) is 0.235. The van der Waals surface area contributed by atoms with Crippen LogP contribution in [0, 0.1) is 19.7 Å². The van der Waals surface area contributed by atoms with E-state index >= 15 is 0 Å². The summed E-state index contributed by atoms with van der Waals surface area (Å²) in [7, 11) is 0. The molecule has 0 aliphatic carbocycles. The Bertz CT molecular complexity index is 796. The van der Waals surface area contributed by atoms with Gasteiger partial charge in [-0.3, -0.25) is 0 Å². The minimum atomic E-state index is -0.322. The van der Waals surface area contributed by atoms with Crippen LogP contribution < -0.4 is 4.74 Å². The number of halogens is 1. The van der Waals surface area contributed by atoms with Gasteiger partial charge in [0.15, 0.2) is 0 Å². The van der Waals surface area contributed by atoms with E-state index in [2.05, 4.69) is 21.5 Å². The number of benzene rings is 2. The van der Waals surface area contributed by atoms with Gasteiger partial charge in [0, 0.05) is 5.56 Å². The zero-order valence-electron chi connectivity index (χ0n) is 13.0. The molecule has 0 saturated carbocycles. The Kier molecular flexibility index (Phi) is 4.32. The van der Waals surface area contributed by atoms with Gasteiger partial charge in [-0.1, -0.05) is 18.2 Å². The van der Waals surface area contributed by atoms with Crippen LogP contribution in [0.2, 0.25) is 0 Å². The first kappa shape index (κ1) is 15.1. The Morgan fingerprint density at radius 3 is 2.61 bits per heavy atom. The number of aryl methyl sites for hydroxylation is 2. The monoisotopic (exact) mass is 312 g/mol. The van der Waals surface area contributed by atoms with Crippen LogP contribution in [0.4, 0.5) is 4.39 Å². The standard InChI is InChI=1S/C17H17FN4O/c1-12-8-13(2)10-16(9-12)23-7-6-22-20-17(19-21-22)14-4-3-5-15(18)11-14/h3-5,8-11H,6-7H2,1-2H3. The van der Waals surface area contributed by atoms with Crippen LogP contribution in [0.25, 0.3) is 11.4 Å². The van der Waals surface area contributed by atoms with Crippen LogP contribution in [0.3, 0.4) is 0 Å². The highest BCUT2D eigenvalue weighted by Crippen LogP contribution is 2.16. The molecule has 0 atom stereocenters.